The van der Waals surface area contributed by atoms with Crippen LogP contribution in [0, 0.1) is 0 Å². The number of rotatable bonds is 5. The minimum Gasteiger partial charge on any atom is -0.454 e. The van der Waals surface area contributed by atoms with E-state index in [1.165, 1.54) is 5.38 Å². The van der Waals surface area contributed by atoms with Gasteiger partial charge >= 0.3 is 5.76 Å². The second kappa shape index (κ2) is 7.29. The molecule has 160 valence electrons. The lowest BCUT2D eigenvalue weighted by atomic mass is 10.2. The minimum atomic E-state index is -3.52. The van der Waals surface area contributed by atoms with Gasteiger partial charge in [0.15, 0.2) is 21.3 Å². The zero-order valence-electron chi connectivity index (χ0n) is 15.9. The van der Waals surface area contributed by atoms with E-state index in [2.05, 4.69) is 5.10 Å². The summed E-state index contributed by atoms with van der Waals surface area (Å²) in [6.45, 7) is 0.146. The quantitative estimate of drug-likeness (QED) is 0.432. The summed E-state index contributed by atoms with van der Waals surface area (Å²) in [4.78, 5) is 13.0. The van der Waals surface area contributed by atoms with E-state index >= 15 is 0 Å². The number of nitrogens with zero attached hydrogens (tertiary/aromatic N) is 3. The summed E-state index contributed by atoms with van der Waals surface area (Å²) in [5.74, 6) is 0.384. The molecule has 0 unspecified atom stereocenters. The van der Waals surface area contributed by atoms with Crippen LogP contribution < -0.4 is 15.2 Å². The molecule has 1 aliphatic rings. The summed E-state index contributed by atoms with van der Waals surface area (Å²) in [5.41, 5.74) is 0.980. The van der Waals surface area contributed by atoms with Crippen LogP contribution in [0.2, 0.25) is 5.02 Å². The van der Waals surface area contributed by atoms with Gasteiger partial charge in [0.25, 0.3) is 5.89 Å². The highest BCUT2D eigenvalue weighted by molar-refractivity contribution is 7.91. The van der Waals surface area contributed by atoms with E-state index in [0.29, 0.717) is 32.6 Å². The molecule has 0 fully saturated rings. The first-order valence-corrected chi connectivity index (χ1v) is 12.1. The molecule has 0 N–H and O–H groups in total. The Labute approximate surface area is 184 Å². The number of aromatic nitrogens is 3. The molecular weight excluding hydrogens is 466 g/mol. The normalized spacial score (nSPS) is 13.1. The van der Waals surface area contributed by atoms with E-state index in [1.807, 2.05) is 0 Å². The molecule has 1 aliphatic heterocycles. The Hall–Kier alpha value is -3.02. The first-order chi connectivity index (χ1) is 14.8. The van der Waals surface area contributed by atoms with Gasteiger partial charge in [-0.3, -0.25) is 0 Å². The smallest absolute Gasteiger partial charge is 0.437 e. The third-order valence-electron chi connectivity index (χ3n) is 4.66. The molecule has 5 rings (SSSR count). The van der Waals surface area contributed by atoms with Crippen molar-refractivity contribution < 1.29 is 22.3 Å². The third-order valence-corrected chi connectivity index (χ3v) is 7.23. The van der Waals surface area contributed by atoms with Crippen LogP contribution in [-0.2, 0) is 16.4 Å². The minimum absolute atomic E-state index is 0.0189. The molecule has 9 nitrogen and oxygen atoms in total. The molecule has 0 radical (unpaired) electrons. The number of thiophene rings is 1. The molecule has 31 heavy (non-hydrogen) atoms. The fourth-order valence-electron chi connectivity index (χ4n) is 3.22. The molecule has 0 spiro atoms. The van der Waals surface area contributed by atoms with Gasteiger partial charge in [-0.15, -0.1) is 16.4 Å². The van der Waals surface area contributed by atoms with Gasteiger partial charge in [-0.25, -0.2) is 13.2 Å². The fourth-order valence-corrected chi connectivity index (χ4v) is 5.75. The van der Waals surface area contributed by atoms with Crippen LogP contribution in [0.1, 0.15) is 5.56 Å². The van der Waals surface area contributed by atoms with Crippen molar-refractivity contribution in [3.63, 3.8) is 0 Å². The van der Waals surface area contributed by atoms with Crippen molar-refractivity contribution in [2.75, 3.05) is 13.0 Å². The van der Waals surface area contributed by atoms with E-state index in [-0.39, 0.29) is 24.1 Å². The molecule has 1 aromatic carbocycles. The van der Waals surface area contributed by atoms with Crippen molar-refractivity contribution in [2.24, 2.45) is 0 Å². The van der Waals surface area contributed by atoms with Crippen LogP contribution in [0.5, 0.6) is 11.5 Å². The zero-order chi connectivity index (χ0) is 21.8. The molecular formula is C19H14ClN3O6S2. The molecule has 12 heteroatoms. The zero-order valence-corrected chi connectivity index (χ0v) is 18.3. The van der Waals surface area contributed by atoms with Crippen LogP contribution in [0.3, 0.4) is 0 Å². The van der Waals surface area contributed by atoms with Gasteiger partial charge in [0.1, 0.15) is 9.77 Å². The highest BCUT2D eigenvalue weighted by Crippen LogP contribution is 2.38. The van der Waals surface area contributed by atoms with E-state index in [9.17, 15) is 13.2 Å². The largest absolute Gasteiger partial charge is 0.454 e. The molecule has 0 saturated heterocycles. The van der Waals surface area contributed by atoms with Gasteiger partial charge in [0.2, 0.25) is 6.79 Å². The Bertz CT molecular complexity index is 1450. The maximum absolute atomic E-state index is 12.5. The maximum Gasteiger partial charge on any atom is 0.437 e. The summed E-state index contributed by atoms with van der Waals surface area (Å²) < 4.78 is 43.3. The monoisotopic (exact) mass is 479 g/mol. The number of benzene rings is 1. The van der Waals surface area contributed by atoms with Crippen LogP contribution >= 0.6 is 22.9 Å². The lowest BCUT2D eigenvalue weighted by molar-refractivity contribution is 0.174. The lowest BCUT2D eigenvalue weighted by Crippen LogP contribution is -2.16. The van der Waals surface area contributed by atoms with Gasteiger partial charge in [-0.05, 0) is 23.8 Å². The number of hydrogen-bond acceptors (Lipinski definition) is 8. The average Bonchev–Trinajstić information content (AvgIpc) is 3.47. The van der Waals surface area contributed by atoms with Crippen LogP contribution in [0.15, 0.2) is 56.1 Å². The van der Waals surface area contributed by atoms with Crippen molar-refractivity contribution in [3.8, 4) is 28.0 Å². The van der Waals surface area contributed by atoms with E-state index in [4.69, 9.17) is 25.5 Å². The van der Waals surface area contributed by atoms with Gasteiger partial charge < -0.3 is 18.5 Å². The Kier molecular flexibility index (Phi) is 4.68. The van der Waals surface area contributed by atoms with Crippen molar-refractivity contribution in [2.45, 2.75) is 11.4 Å². The van der Waals surface area contributed by atoms with E-state index in [1.54, 1.807) is 41.2 Å². The van der Waals surface area contributed by atoms with E-state index in [0.717, 1.165) is 22.3 Å². The van der Waals surface area contributed by atoms with Gasteiger partial charge in [-0.2, -0.15) is 4.68 Å². The molecule has 0 saturated carbocycles. The van der Waals surface area contributed by atoms with Crippen LogP contribution in [-0.4, -0.2) is 35.8 Å². The Morgan fingerprint density at radius 2 is 1.90 bits per heavy atom. The van der Waals surface area contributed by atoms with Gasteiger partial charge in [0, 0.05) is 35.1 Å². The fraction of sp³-hybridized carbons (Fsp3) is 0.158. The molecule has 0 bridgehead atoms. The average molecular weight is 480 g/mol. The number of halogens is 1. The maximum atomic E-state index is 12.5. The van der Waals surface area contributed by atoms with Crippen LogP contribution in [0.25, 0.3) is 16.5 Å². The summed E-state index contributed by atoms with van der Waals surface area (Å²) in [6.07, 6.45) is 4.55. The summed E-state index contributed by atoms with van der Waals surface area (Å²) in [5, 5.41) is 6.19. The highest BCUT2D eigenvalue weighted by Gasteiger charge is 2.26. The summed E-state index contributed by atoms with van der Waals surface area (Å²) >= 11 is 7.43. The number of hydrogen-bond donors (Lipinski definition) is 0. The van der Waals surface area contributed by atoms with Crippen molar-refractivity contribution >= 4 is 32.8 Å². The topological polar surface area (TPSA) is 106 Å². The summed E-state index contributed by atoms with van der Waals surface area (Å²) in [6, 6.07) is 6.84. The number of ether oxygens (including phenoxy) is 2. The highest BCUT2D eigenvalue weighted by atomic mass is 35.5. The van der Waals surface area contributed by atoms with Crippen molar-refractivity contribution in [3.05, 3.63) is 63.2 Å². The Balaban J connectivity index is 1.57. The van der Waals surface area contributed by atoms with E-state index < -0.39 is 15.6 Å². The second-order valence-electron chi connectivity index (χ2n) is 6.77. The van der Waals surface area contributed by atoms with Crippen molar-refractivity contribution in [1.82, 2.24) is 14.3 Å². The molecule has 0 atom stereocenters. The SMILES string of the molecule is CS(=O)(=O)c1csc(-c2nn(Cc3cc4c(cc3Cl)OCO4)c(=O)o2)c1-n1cccc1. The molecule has 4 aromatic rings. The predicted molar refractivity (Wildman–Crippen MR) is 113 cm³/mol. The first-order valence-electron chi connectivity index (χ1n) is 8.92. The second-order valence-corrected chi connectivity index (χ2v) is 10.0. The van der Waals surface area contributed by atoms with Crippen molar-refractivity contribution in [1.29, 1.82) is 0 Å². The lowest BCUT2D eigenvalue weighted by Gasteiger charge is -2.06. The van der Waals surface area contributed by atoms with Gasteiger partial charge in [-0.1, -0.05) is 11.6 Å². The Morgan fingerprint density at radius 1 is 1.19 bits per heavy atom. The molecule has 3 aromatic heterocycles. The molecule has 4 heterocycles. The third kappa shape index (κ3) is 3.54. The standard InChI is InChI=1S/C19H14ClN3O6S2/c1-31(25,26)15-9-30-17(16(15)22-4-2-3-5-22)18-21-23(19(24)29-18)8-11-6-13-14(7-12(11)20)28-10-27-13/h2-7,9H,8,10H2,1H3. The predicted octanol–water partition coefficient (Wildman–Crippen LogP) is 3.19. The molecule has 0 amide bonds. The van der Waals surface area contributed by atoms with Crippen LogP contribution in [0.4, 0.5) is 0 Å². The Morgan fingerprint density at radius 3 is 2.61 bits per heavy atom. The van der Waals surface area contributed by atoms with Gasteiger partial charge in [0.05, 0.1) is 12.2 Å². The number of fused-ring (bicyclic) bond motifs is 1. The number of sulfone groups is 1. The molecule has 0 aliphatic carbocycles. The first kappa shape index (κ1) is 19.9. The summed E-state index contributed by atoms with van der Waals surface area (Å²) in [7, 11) is -3.52.